The molecule has 0 aromatic carbocycles. The van der Waals surface area contributed by atoms with E-state index < -0.39 is 23.2 Å². The number of rotatable bonds is 1. The molecule has 0 unspecified atom stereocenters. The number of Topliss-reactive ketones (excluding diaryl/α,β-unsaturated/α-hetero) is 1. The predicted octanol–water partition coefficient (Wildman–Crippen LogP) is 3.77. The van der Waals surface area contributed by atoms with Crippen LogP contribution in [0.3, 0.4) is 0 Å². The first-order valence-electron chi connectivity index (χ1n) is 8.54. The summed E-state index contributed by atoms with van der Waals surface area (Å²) in [5.74, 6) is -0.635. The first kappa shape index (κ1) is 20.6. The first-order valence-corrected chi connectivity index (χ1v) is 8.54. The predicted molar refractivity (Wildman–Crippen MR) is 91.5 cm³/mol. The normalized spacial score (nSPS) is 20.4. The molecule has 1 aliphatic heterocycles. The molecule has 144 valence electrons. The highest BCUT2D eigenvalue weighted by molar-refractivity contribution is 6.02. The zero-order valence-electron chi connectivity index (χ0n) is 15.1. The molecule has 0 bridgehead atoms. The number of allylic oxidation sites excluding steroid dienone is 1. The Morgan fingerprint density at radius 3 is 2.56 bits per heavy atom. The molecule has 1 aromatic heterocycles. The van der Waals surface area contributed by atoms with Crippen molar-refractivity contribution in [1.82, 2.24) is 9.88 Å². The van der Waals surface area contributed by atoms with Gasteiger partial charge in [-0.3, -0.25) is 14.6 Å². The van der Waals surface area contributed by atoms with Gasteiger partial charge in [0.25, 0.3) is 5.91 Å². The maximum Gasteiger partial charge on any atom is 0.433 e. The molecule has 0 atom stereocenters. The molecule has 0 fully saturated rings. The number of nitriles is 1. The highest BCUT2D eigenvalue weighted by Gasteiger charge is 2.33. The molecule has 1 aliphatic rings. The second-order valence-corrected chi connectivity index (χ2v) is 7.06. The quantitative estimate of drug-likeness (QED) is 0.744. The zero-order valence-corrected chi connectivity index (χ0v) is 15.1. The SMILES string of the molecule is CC1(C)CCCN(C(=O)c2ccc(C(F)(F)F)nc2)CC/C=C(/C#N)C1=O. The maximum atomic E-state index is 12.7. The minimum Gasteiger partial charge on any atom is -0.338 e. The van der Waals surface area contributed by atoms with Crippen molar-refractivity contribution in [2.24, 2.45) is 5.41 Å². The zero-order chi connectivity index (χ0) is 20.2. The van der Waals surface area contributed by atoms with Crippen LogP contribution in [0, 0.1) is 16.7 Å². The lowest BCUT2D eigenvalue weighted by Gasteiger charge is -2.28. The summed E-state index contributed by atoms with van der Waals surface area (Å²) < 4.78 is 37.8. The van der Waals surface area contributed by atoms with Gasteiger partial charge >= 0.3 is 6.18 Å². The van der Waals surface area contributed by atoms with Crippen LogP contribution in [0.1, 0.15) is 49.2 Å². The van der Waals surface area contributed by atoms with Crippen LogP contribution in [0.2, 0.25) is 0 Å². The van der Waals surface area contributed by atoms with E-state index in [1.165, 1.54) is 11.0 Å². The van der Waals surface area contributed by atoms with E-state index in [-0.39, 0.29) is 23.5 Å². The number of carbonyl (C=O) groups is 2. The molecule has 0 saturated heterocycles. The molecule has 8 heteroatoms. The Morgan fingerprint density at radius 1 is 1.30 bits per heavy atom. The average molecular weight is 379 g/mol. The summed E-state index contributed by atoms with van der Waals surface area (Å²) in [5.41, 5.74) is -1.63. The van der Waals surface area contributed by atoms with Gasteiger partial charge in [-0.25, -0.2) is 0 Å². The molecular weight excluding hydrogens is 359 g/mol. The van der Waals surface area contributed by atoms with Gasteiger partial charge in [-0.1, -0.05) is 19.9 Å². The standard InChI is InChI=1S/C19H20F3N3O2/c1-18(2)8-4-10-25(9-3-5-13(11-23)16(18)26)17(27)14-6-7-15(24-12-14)19(20,21)22/h5-7,12H,3-4,8-10H2,1-2H3/b13-5-. The van der Waals surface area contributed by atoms with Crippen LogP contribution in [0.5, 0.6) is 0 Å². The van der Waals surface area contributed by atoms with Gasteiger partial charge < -0.3 is 4.90 Å². The van der Waals surface area contributed by atoms with E-state index in [0.29, 0.717) is 25.8 Å². The van der Waals surface area contributed by atoms with Crippen LogP contribution in [0.4, 0.5) is 13.2 Å². The van der Waals surface area contributed by atoms with Crippen molar-refractivity contribution in [1.29, 1.82) is 5.26 Å². The Labute approximate surface area is 155 Å². The fraction of sp³-hybridized carbons (Fsp3) is 0.474. The van der Waals surface area contributed by atoms with E-state index in [1.54, 1.807) is 13.8 Å². The molecule has 27 heavy (non-hydrogen) atoms. The monoisotopic (exact) mass is 379 g/mol. The number of carbonyl (C=O) groups excluding carboxylic acids is 2. The summed E-state index contributed by atoms with van der Waals surface area (Å²) in [7, 11) is 0. The van der Waals surface area contributed by atoms with Gasteiger partial charge in [-0.05, 0) is 31.4 Å². The molecule has 0 aliphatic carbocycles. The molecule has 5 nitrogen and oxygen atoms in total. The van der Waals surface area contributed by atoms with Crippen LogP contribution < -0.4 is 0 Å². The summed E-state index contributed by atoms with van der Waals surface area (Å²) >= 11 is 0. The number of nitrogens with zero attached hydrogens (tertiary/aromatic N) is 3. The second kappa shape index (κ2) is 7.91. The molecule has 0 N–H and O–H groups in total. The lowest BCUT2D eigenvalue weighted by atomic mass is 9.79. The highest BCUT2D eigenvalue weighted by Crippen LogP contribution is 2.29. The van der Waals surface area contributed by atoms with Gasteiger partial charge in [-0.2, -0.15) is 18.4 Å². The van der Waals surface area contributed by atoms with E-state index in [4.69, 9.17) is 0 Å². The van der Waals surface area contributed by atoms with Gasteiger partial charge in [-0.15, -0.1) is 0 Å². The lowest BCUT2D eigenvalue weighted by molar-refractivity contribution is -0.141. The fourth-order valence-electron chi connectivity index (χ4n) is 2.93. The van der Waals surface area contributed by atoms with Crippen LogP contribution in [-0.2, 0) is 11.0 Å². The summed E-state index contributed by atoms with van der Waals surface area (Å²) in [6, 6.07) is 3.81. The Bertz CT molecular complexity index is 790. The van der Waals surface area contributed by atoms with Crippen LogP contribution in [0.15, 0.2) is 30.0 Å². The lowest BCUT2D eigenvalue weighted by Crippen LogP contribution is -2.35. The van der Waals surface area contributed by atoms with Crippen molar-refractivity contribution in [2.75, 3.05) is 13.1 Å². The number of hydrogen-bond acceptors (Lipinski definition) is 4. The maximum absolute atomic E-state index is 12.7. The van der Waals surface area contributed by atoms with Crippen molar-refractivity contribution < 1.29 is 22.8 Å². The van der Waals surface area contributed by atoms with Crippen molar-refractivity contribution in [3.05, 3.63) is 41.2 Å². The number of amides is 1. The van der Waals surface area contributed by atoms with Gasteiger partial charge in [0.2, 0.25) is 0 Å². The van der Waals surface area contributed by atoms with Crippen molar-refractivity contribution >= 4 is 11.7 Å². The smallest absolute Gasteiger partial charge is 0.338 e. The molecule has 1 aromatic rings. The Balaban J connectivity index is 2.20. The molecule has 0 saturated carbocycles. The van der Waals surface area contributed by atoms with Gasteiger partial charge in [0.15, 0.2) is 5.78 Å². The first-order chi connectivity index (χ1) is 12.6. The van der Waals surface area contributed by atoms with Crippen molar-refractivity contribution in [2.45, 2.75) is 39.3 Å². The number of hydrogen-bond donors (Lipinski definition) is 0. The number of aromatic nitrogens is 1. The largest absolute Gasteiger partial charge is 0.433 e. The average Bonchev–Trinajstić information content (AvgIpc) is 2.61. The molecule has 0 radical (unpaired) electrons. The third kappa shape index (κ3) is 4.94. The van der Waals surface area contributed by atoms with E-state index in [9.17, 15) is 28.0 Å². The summed E-state index contributed by atoms with van der Waals surface area (Å²) in [6.07, 6.45) is -0.786. The minimum atomic E-state index is -4.56. The van der Waals surface area contributed by atoms with Gasteiger partial charge in [0.1, 0.15) is 11.8 Å². The highest BCUT2D eigenvalue weighted by atomic mass is 19.4. The van der Waals surface area contributed by atoms with Crippen LogP contribution >= 0.6 is 0 Å². The van der Waals surface area contributed by atoms with Gasteiger partial charge in [0, 0.05) is 24.7 Å². The third-order valence-corrected chi connectivity index (χ3v) is 4.55. The third-order valence-electron chi connectivity index (χ3n) is 4.55. The summed E-state index contributed by atoms with van der Waals surface area (Å²) in [6.45, 7) is 4.15. The topological polar surface area (TPSA) is 74.1 Å². The molecular formula is C19H20F3N3O2. The Morgan fingerprint density at radius 2 is 2.00 bits per heavy atom. The molecule has 1 amide bonds. The summed E-state index contributed by atoms with van der Waals surface area (Å²) in [4.78, 5) is 29.9. The fourth-order valence-corrected chi connectivity index (χ4v) is 2.93. The minimum absolute atomic E-state index is 0.0693. The van der Waals surface area contributed by atoms with Crippen molar-refractivity contribution in [3.63, 3.8) is 0 Å². The molecule has 0 spiro atoms. The molecule has 2 heterocycles. The van der Waals surface area contributed by atoms with E-state index >= 15 is 0 Å². The van der Waals surface area contributed by atoms with Crippen LogP contribution in [0.25, 0.3) is 0 Å². The number of ketones is 1. The Kier molecular flexibility index (Phi) is 6.04. The molecule has 2 rings (SSSR count). The van der Waals surface area contributed by atoms with E-state index in [0.717, 1.165) is 18.3 Å². The number of halogens is 3. The number of pyridine rings is 1. The summed E-state index contributed by atoms with van der Waals surface area (Å²) in [5, 5.41) is 9.20. The number of alkyl halides is 3. The van der Waals surface area contributed by atoms with Crippen LogP contribution in [-0.4, -0.2) is 34.7 Å². The van der Waals surface area contributed by atoms with E-state index in [2.05, 4.69) is 4.98 Å². The van der Waals surface area contributed by atoms with E-state index in [1.807, 2.05) is 6.07 Å². The van der Waals surface area contributed by atoms with Crippen molar-refractivity contribution in [3.8, 4) is 6.07 Å². The van der Waals surface area contributed by atoms with Gasteiger partial charge in [0.05, 0.1) is 11.1 Å². The Hall–Kier alpha value is -2.69. The second-order valence-electron chi connectivity index (χ2n) is 7.06.